The lowest BCUT2D eigenvalue weighted by Crippen LogP contribution is -2.49. The predicted molar refractivity (Wildman–Crippen MR) is 92.6 cm³/mol. The first-order valence-corrected chi connectivity index (χ1v) is 9.94. The number of thioether (sulfide) groups is 1. The van der Waals surface area contributed by atoms with Crippen LogP contribution in [0, 0.1) is 5.92 Å². The number of hydrogen-bond acceptors (Lipinski definition) is 5. The largest absolute Gasteiger partial charge is 0.379 e. The maximum absolute atomic E-state index is 12.2. The summed E-state index contributed by atoms with van der Waals surface area (Å²) in [6.07, 6.45) is 4.24. The van der Waals surface area contributed by atoms with Crippen molar-refractivity contribution in [2.24, 2.45) is 5.92 Å². The molecule has 0 aliphatic carbocycles. The number of carbonyl (C=O) groups excluding carboxylic acids is 2. The fourth-order valence-corrected chi connectivity index (χ4v) is 3.44. The number of morpholine rings is 1. The van der Waals surface area contributed by atoms with E-state index >= 15 is 0 Å². The van der Waals surface area contributed by atoms with Gasteiger partial charge in [0.2, 0.25) is 11.8 Å². The molecular formula is C16H29N3O3S. The van der Waals surface area contributed by atoms with Crippen LogP contribution in [-0.2, 0) is 14.3 Å². The third kappa shape index (κ3) is 6.31. The summed E-state index contributed by atoms with van der Waals surface area (Å²) in [4.78, 5) is 28.5. The summed E-state index contributed by atoms with van der Waals surface area (Å²) in [5.41, 5.74) is 0. The minimum atomic E-state index is -0.0494. The molecule has 2 fully saturated rings. The van der Waals surface area contributed by atoms with Crippen LogP contribution in [0.1, 0.15) is 19.3 Å². The molecule has 2 saturated heterocycles. The SMILES string of the molecule is CSCCCNC(=O)C1CCC(=O)N(CCN2CCOCC2)C1. The van der Waals surface area contributed by atoms with Gasteiger partial charge >= 0.3 is 0 Å². The van der Waals surface area contributed by atoms with Crippen LogP contribution in [0.4, 0.5) is 0 Å². The molecule has 2 heterocycles. The highest BCUT2D eigenvalue weighted by Crippen LogP contribution is 2.18. The van der Waals surface area contributed by atoms with Crippen molar-refractivity contribution in [1.82, 2.24) is 15.1 Å². The highest BCUT2D eigenvalue weighted by atomic mass is 32.2. The van der Waals surface area contributed by atoms with Crippen molar-refractivity contribution >= 4 is 23.6 Å². The van der Waals surface area contributed by atoms with Crippen LogP contribution in [0.5, 0.6) is 0 Å². The number of likely N-dealkylation sites (tertiary alicyclic amines) is 1. The monoisotopic (exact) mass is 343 g/mol. The highest BCUT2D eigenvalue weighted by molar-refractivity contribution is 7.98. The van der Waals surface area contributed by atoms with Gasteiger partial charge < -0.3 is 15.0 Å². The molecule has 132 valence electrons. The minimum Gasteiger partial charge on any atom is -0.379 e. The molecule has 0 aromatic rings. The normalized spacial score (nSPS) is 23.1. The van der Waals surface area contributed by atoms with E-state index in [1.807, 2.05) is 4.90 Å². The number of piperidine rings is 1. The van der Waals surface area contributed by atoms with Gasteiger partial charge in [-0.3, -0.25) is 14.5 Å². The quantitative estimate of drug-likeness (QED) is 0.648. The topological polar surface area (TPSA) is 61.9 Å². The van der Waals surface area contributed by atoms with Gasteiger partial charge in [-0.2, -0.15) is 11.8 Å². The van der Waals surface area contributed by atoms with Gasteiger partial charge in [-0.15, -0.1) is 0 Å². The number of nitrogens with zero attached hydrogens (tertiary/aromatic N) is 2. The Kier molecular flexibility index (Phi) is 8.19. The first-order chi connectivity index (χ1) is 11.2. The first kappa shape index (κ1) is 18.5. The predicted octanol–water partition coefficient (Wildman–Crippen LogP) is 0.427. The van der Waals surface area contributed by atoms with Crippen LogP contribution < -0.4 is 5.32 Å². The van der Waals surface area contributed by atoms with Crippen LogP contribution in [0.3, 0.4) is 0 Å². The molecule has 2 aliphatic heterocycles. The molecule has 6 nitrogen and oxygen atoms in total. The van der Waals surface area contributed by atoms with Gasteiger partial charge in [-0.1, -0.05) is 0 Å². The van der Waals surface area contributed by atoms with Gasteiger partial charge in [0.25, 0.3) is 0 Å². The molecule has 0 bridgehead atoms. The molecule has 0 radical (unpaired) electrons. The second kappa shape index (κ2) is 10.2. The summed E-state index contributed by atoms with van der Waals surface area (Å²) >= 11 is 1.79. The number of carbonyl (C=O) groups is 2. The zero-order valence-electron chi connectivity index (χ0n) is 14.1. The Balaban J connectivity index is 1.72. The van der Waals surface area contributed by atoms with E-state index in [2.05, 4.69) is 16.5 Å². The zero-order valence-corrected chi connectivity index (χ0v) is 14.9. The summed E-state index contributed by atoms with van der Waals surface area (Å²) in [5, 5.41) is 3.01. The molecule has 7 heteroatoms. The fraction of sp³-hybridized carbons (Fsp3) is 0.875. The van der Waals surface area contributed by atoms with Crippen molar-refractivity contribution < 1.29 is 14.3 Å². The van der Waals surface area contributed by atoms with E-state index in [9.17, 15) is 9.59 Å². The second-order valence-corrected chi connectivity index (χ2v) is 7.15. The molecule has 2 amide bonds. The van der Waals surface area contributed by atoms with Gasteiger partial charge in [-0.05, 0) is 24.9 Å². The van der Waals surface area contributed by atoms with Gasteiger partial charge in [0.15, 0.2) is 0 Å². The average molecular weight is 343 g/mol. The summed E-state index contributed by atoms with van der Waals surface area (Å²) in [7, 11) is 0. The molecule has 0 spiro atoms. The van der Waals surface area contributed by atoms with Crippen LogP contribution in [-0.4, -0.2) is 86.1 Å². The summed E-state index contributed by atoms with van der Waals surface area (Å²) in [6.45, 7) is 6.30. The summed E-state index contributed by atoms with van der Waals surface area (Å²) in [6, 6.07) is 0. The Bertz CT molecular complexity index is 389. The van der Waals surface area contributed by atoms with E-state index in [0.29, 0.717) is 19.4 Å². The Morgan fingerprint density at radius 3 is 2.87 bits per heavy atom. The van der Waals surface area contributed by atoms with Gasteiger partial charge in [-0.25, -0.2) is 0 Å². The van der Waals surface area contributed by atoms with Crippen LogP contribution in [0.15, 0.2) is 0 Å². The Morgan fingerprint density at radius 1 is 1.35 bits per heavy atom. The maximum atomic E-state index is 12.2. The van der Waals surface area contributed by atoms with Gasteiger partial charge in [0.1, 0.15) is 0 Å². The van der Waals surface area contributed by atoms with Crippen molar-refractivity contribution in [3.05, 3.63) is 0 Å². The van der Waals surface area contributed by atoms with E-state index in [4.69, 9.17) is 4.74 Å². The standard InChI is InChI=1S/C16H29N3O3S/c1-23-12-2-5-17-16(21)14-3-4-15(20)19(13-14)7-6-18-8-10-22-11-9-18/h14H,2-13H2,1H3,(H,17,21). The van der Waals surface area contributed by atoms with Crippen molar-refractivity contribution in [2.45, 2.75) is 19.3 Å². The maximum Gasteiger partial charge on any atom is 0.224 e. The van der Waals surface area contributed by atoms with Crippen molar-refractivity contribution in [2.75, 3.05) is 64.5 Å². The zero-order chi connectivity index (χ0) is 16.5. The van der Waals surface area contributed by atoms with E-state index < -0.39 is 0 Å². The lowest BCUT2D eigenvalue weighted by molar-refractivity contribution is -0.138. The number of rotatable bonds is 8. The van der Waals surface area contributed by atoms with E-state index in [1.54, 1.807) is 11.8 Å². The third-order valence-corrected chi connectivity index (χ3v) is 5.18. The molecule has 2 aliphatic rings. The van der Waals surface area contributed by atoms with E-state index in [-0.39, 0.29) is 17.7 Å². The minimum absolute atomic E-state index is 0.0494. The average Bonchev–Trinajstić information content (AvgIpc) is 2.58. The summed E-state index contributed by atoms with van der Waals surface area (Å²) < 4.78 is 5.34. The molecule has 23 heavy (non-hydrogen) atoms. The van der Waals surface area contributed by atoms with Gasteiger partial charge in [0, 0.05) is 45.7 Å². The molecule has 0 saturated carbocycles. The molecule has 0 aromatic heterocycles. The molecule has 1 N–H and O–H groups in total. The molecule has 0 aromatic carbocycles. The Hall–Kier alpha value is -0.790. The number of hydrogen-bond donors (Lipinski definition) is 1. The molecule has 1 atom stereocenters. The smallest absolute Gasteiger partial charge is 0.224 e. The van der Waals surface area contributed by atoms with E-state index in [0.717, 1.165) is 58.1 Å². The van der Waals surface area contributed by atoms with Crippen molar-refractivity contribution in [1.29, 1.82) is 0 Å². The van der Waals surface area contributed by atoms with Crippen molar-refractivity contribution in [3.63, 3.8) is 0 Å². The van der Waals surface area contributed by atoms with E-state index in [1.165, 1.54) is 0 Å². The lowest BCUT2D eigenvalue weighted by atomic mass is 9.96. The van der Waals surface area contributed by atoms with Gasteiger partial charge in [0.05, 0.1) is 19.1 Å². The fourth-order valence-electron chi connectivity index (χ4n) is 3.00. The lowest BCUT2D eigenvalue weighted by Gasteiger charge is -2.34. The third-order valence-electron chi connectivity index (χ3n) is 4.49. The molecular weight excluding hydrogens is 314 g/mol. The van der Waals surface area contributed by atoms with Crippen molar-refractivity contribution in [3.8, 4) is 0 Å². The second-order valence-electron chi connectivity index (χ2n) is 6.17. The Labute approximate surface area is 143 Å². The van der Waals surface area contributed by atoms with Crippen LogP contribution >= 0.6 is 11.8 Å². The number of nitrogens with one attached hydrogen (secondary N) is 1. The Morgan fingerprint density at radius 2 is 2.13 bits per heavy atom. The molecule has 1 unspecified atom stereocenters. The summed E-state index contributed by atoms with van der Waals surface area (Å²) in [5.74, 6) is 1.31. The van der Waals surface area contributed by atoms with Crippen LogP contribution in [0.25, 0.3) is 0 Å². The number of ether oxygens (including phenoxy) is 1. The highest BCUT2D eigenvalue weighted by Gasteiger charge is 2.30. The first-order valence-electron chi connectivity index (χ1n) is 8.55. The number of amides is 2. The molecule has 2 rings (SSSR count). The van der Waals surface area contributed by atoms with Crippen LogP contribution in [0.2, 0.25) is 0 Å².